The Morgan fingerprint density at radius 1 is 0.476 bits per heavy atom. The molecule has 0 saturated carbocycles. The van der Waals surface area contributed by atoms with Crippen LogP contribution in [0.15, 0.2) is 94.7 Å². The van der Waals surface area contributed by atoms with Crippen LogP contribution in [0.25, 0.3) is 0 Å². The maximum atomic E-state index is 11.5. The summed E-state index contributed by atoms with van der Waals surface area (Å²) in [5, 5.41) is 20.7. The number of hydrogen-bond acceptors (Lipinski definition) is 9. The Kier molecular flexibility index (Phi) is 28.5. The summed E-state index contributed by atoms with van der Waals surface area (Å²) in [5.74, 6) is 1.67. The van der Waals surface area contributed by atoms with Gasteiger partial charge >= 0.3 is 37.7 Å². The van der Waals surface area contributed by atoms with E-state index in [1.54, 1.807) is 24.3 Å². The van der Waals surface area contributed by atoms with Crippen LogP contribution in [-0.2, 0) is 33.1 Å². The van der Waals surface area contributed by atoms with Crippen LogP contribution in [-0.4, -0.2) is 68.8 Å². The fourth-order valence-corrected chi connectivity index (χ4v) is 8.21. The molecule has 0 amide bonds. The van der Waals surface area contributed by atoms with Gasteiger partial charge in [-0.15, -0.1) is 5.75 Å². The first-order valence-electron chi connectivity index (χ1n) is 22.9. The van der Waals surface area contributed by atoms with E-state index in [4.69, 9.17) is 9.47 Å². The van der Waals surface area contributed by atoms with Gasteiger partial charge in [0.1, 0.15) is 38.9 Å². The molecule has 0 aromatic heterocycles. The van der Waals surface area contributed by atoms with Gasteiger partial charge in [0.15, 0.2) is 0 Å². The predicted molar refractivity (Wildman–Crippen MR) is 251 cm³/mol. The van der Waals surface area contributed by atoms with Gasteiger partial charge in [0.25, 0.3) is 10.1 Å². The largest absolute Gasteiger partial charge is 2.00 e. The van der Waals surface area contributed by atoms with Gasteiger partial charge in [-0.05, 0) is 91.4 Å². The fourth-order valence-electron chi connectivity index (χ4n) is 7.22. The Bertz CT molecular complexity index is 1910. The van der Waals surface area contributed by atoms with Crippen molar-refractivity contribution in [3.05, 3.63) is 96.1 Å². The first kappa shape index (κ1) is 56.3. The summed E-state index contributed by atoms with van der Waals surface area (Å²) >= 11 is 0. The molecule has 344 valence electrons. The number of phenolic OH excluding ortho intramolecular Hbond substituents is 1. The number of aryl methyl sites for hydroxylation is 2. The van der Waals surface area contributed by atoms with E-state index in [9.17, 15) is 36.2 Å². The molecule has 0 aliphatic rings. The van der Waals surface area contributed by atoms with Crippen LogP contribution in [0.5, 0.6) is 34.5 Å². The Morgan fingerprint density at radius 2 is 0.810 bits per heavy atom. The maximum absolute atomic E-state index is 11.5. The Balaban J connectivity index is 0.000000427. The summed E-state index contributed by atoms with van der Waals surface area (Å²) in [6, 6.07) is 20.8. The molecule has 0 fully saturated rings. The van der Waals surface area contributed by atoms with E-state index in [1.165, 1.54) is 176 Å². The third-order valence-electron chi connectivity index (χ3n) is 10.9. The molecule has 10 nitrogen and oxygen atoms in total. The molecule has 4 aromatic carbocycles. The second kappa shape index (κ2) is 31.9. The van der Waals surface area contributed by atoms with E-state index in [1.807, 2.05) is 0 Å². The molecular weight excluding hydrogens is 865 g/mol. The van der Waals surface area contributed by atoms with Crippen molar-refractivity contribution in [2.75, 3.05) is 0 Å². The minimum atomic E-state index is -4.57. The Labute approximate surface area is 408 Å². The summed E-state index contributed by atoms with van der Waals surface area (Å²) in [7, 11) is -8.87. The number of ether oxygens (including phenoxy) is 2. The van der Waals surface area contributed by atoms with Crippen LogP contribution in [0.2, 0.25) is 0 Å². The molecule has 4 aromatic rings. The SMILES string of the molecule is CCCCCCCCCCCCCc1ccc(S(=O)(=O)O)cc1Oc1ccc(O)cc1.CCCCCCCCCCCCCc1ccc(S(=O)(=O)[O-])cc1Oc1ccc([O-])cc1.[Ca+2]. The van der Waals surface area contributed by atoms with Gasteiger partial charge in [-0.3, -0.25) is 4.55 Å². The molecule has 2 N–H and O–H groups in total. The van der Waals surface area contributed by atoms with Gasteiger partial charge in [0, 0.05) is 6.07 Å². The molecule has 4 rings (SSSR count). The molecule has 0 atom stereocenters. The molecule has 0 spiro atoms. The first-order chi connectivity index (χ1) is 29.8. The maximum Gasteiger partial charge on any atom is 2.00 e. The molecule has 0 saturated heterocycles. The van der Waals surface area contributed by atoms with Gasteiger partial charge in [0.05, 0.1) is 9.79 Å². The molecular formula is C50H70CaO10S2. The van der Waals surface area contributed by atoms with E-state index in [0.29, 0.717) is 23.0 Å². The second-order valence-electron chi connectivity index (χ2n) is 16.2. The summed E-state index contributed by atoms with van der Waals surface area (Å²) in [4.78, 5) is -0.505. The molecule has 13 heteroatoms. The monoisotopic (exact) mass is 934 g/mol. The summed E-state index contributed by atoms with van der Waals surface area (Å²) < 4.78 is 78.3. The van der Waals surface area contributed by atoms with Crippen molar-refractivity contribution >= 4 is 58.0 Å². The molecule has 0 radical (unpaired) electrons. The number of phenols is 1. The van der Waals surface area contributed by atoms with Gasteiger partial charge < -0.3 is 24.2 Å². The van der Waals surface area contributed by atoms with Crippen molar-refractivity contribution in [1.29, 1.82) is 0 Å². The van der Waals surface area contributed by atoms with E-state index >= 15 is 0 Å². The molecule has 0 heterocycles. The van der Waals surface area contributed by atoms with Crippen molar-refractivity contribution in [2.45, 2.75) is 178 Å². The zero-order valence-corrected chi connectivity index (χ0v) is 41.6. The normalized spacial score (nSPS) is 11.4. The quantitative estimate of drug-likeness (QED) is 0.0291. The van der Waals surface area contributed by atoms with Gasteiger partial charge in [0.2, 0.25) is 0 Å². The van der Waals surface area contributed by atoms with E-state index in [-0.39, 0.29) is 59.0 Å². The number of rotatable bonds is 30. The zero-order chi connectivity index (χ0) is 45.1. The molecule has 0 unspecified atom stereocenters. The zero-order valence-electron chi connectivity index (χ0n) is 37.7. The van der Waals surface area contributed by atoms with E-state index < -0.39 is 20.2 Å². The second-order valence-corrected chi connectivity index (χ2v) is 19.0. The number of benzene rings is 4. The van der Waals surface area contributed by atoms with Crippen LogP contribution in [0, 0.1) is 0 Å². The van der Waals surface area contributed by atoms with Crippen molar-refractivity contribution in [3.8, 4) is 34.5 Å². The predicted octanol–water partition coefficient (Wildman–Crippen LogP) is 13.2. The summed E-state index contributed by atoms with van der Waals surface area (Å²) in [5.41, 5.74) is 1.76. The number of aromatic hydroxyl groups is 1. The third kappa shape index (κ3) is 24.3. The van der Waals surface area contributed by atoms with Gasteiger partial charge in [-0.25, -0.2) is 8.42 Å². The number of unbranched alkanes of at least 4 members (excludes halogenated alkanes) is 20. The van der Waals surface area contributed by atoms with Crippen molar-refractivity contribution in [1.82, 2.24) is 0 Å². The van der Waals surface area contributed by atoms with Crippen molar-refractivity contribution < 1.29 is 45.6 Å². The van der Waals surface area contributed by atoms with Crippen LogP contribution in [0.1, 0.15) is 166 Å². The minimum Gasteiger partial charge on any atom is -0.872 e. The molecule has 0 aliphatic heterocycles. The molecule has 0 bridgehead atoms. The van der Waals surface area contributed by atoms with Crippen LogP contribution < -0.4 is 14.6 Å². The van der Waals surface area contributed by atoms with E-state index in [0.717, 1.165) is 49.7 Å². The smallest absolute Gasteiger partial charge is 0.872 e. The van der Waals surface area contributed by atoms with Gasteiger partial charge in [-0.1, -0.05) is 167 Å². The standard InChI is InChI=1S/2C25H36O5S.Ca/c2*1-2-3-4-5-6-7-8-9-10-11-12-13-21-14-19-24(31(27,28)29)20-25(21)30-23-17-15-22(26)16-18-23;/h2*14-20,26H,2-13H2,1H3,(H,27,28,29);/q;;+2/p-2. The van der Waals surface area contributed by atoms with Crippen molar-refractivity contribution in [3.63, 3.8) is 0 Å². The average molecular weight is 935 g/mol. The van der Waals surface area contributed by atoms with E-state index in [2.05, 4.69) is 13.8 Å². The summed E-state index contributed by atoms with van der Waals surface area (Å²) in [6.45, 7) is 4.48. The van der Waals surface area contributed by atoms with Crippen LogP contribution >= 0.6 is 0 Å². The fraction of sp³-hybridized carbons (Fsp3) is 0.520. The number of hydrogen-bond donors (Lipinski definition) is 2. The van der Waals surface area contributed by atoms with Crippen molar-refractivity contribution in [2.24, 2.45) is 0 Å². The Morgan fingerprint density at radius 3 is 1.17 bits per heavy atom. The Hall–Kier alpha value is -2.84. The molecule has 63 heavy (non-hydrogen) atoms. The first-order valence-corrected chi connectivity index (χ1v) is 25.8. The van der Waals surface area contributed by atoms with Gasteiger partial charge in [-0.2, -0.15) is 8.42 Å². The summed E-state index contributed by atoms with van der Waals surface area (Å²) in [6.07, 6.45) is 29.2. The topological polar surface area (TPSA) is 173 Å². The minimum absolute atomic E-state index is 0. The molecule has 0 aliphatic carbocycles. The van der Waals surface area contributed by atoms with Crippen LogP contribution in [0.4, 0.5) is 0 Å². The van der Waals surface area contributed by atoms with Crippen LogP contribution in [0.3, 0.4) is 0 Å². The third-order valence-corrected chi connectivity index (χ3v) is 12.6. The average Bonchev–Trinajstić information content (AvgIpc) is 3.24.